The molecule has 1 nitrogen and oxygen atoms in total. The zero-order chi connectivity index (χ0) is 11.4. The van der Waals surface area contributed by atoms with E-state index in [4.69, 9.17) is 35.4 Å². The average Bonchev–Trinajstić information content (AvgIpc) is 2.19. The molecule has 0 aliphatic heterocycles. The second kappa shape index (κ2) is 5.69. The van der Waals surface area contributed by atoms with E-state index in [9.17, 15) is 0 Å². The van der Waals surface area contributed by atoms with Crippen molar-refractivity contribution in [3.8, 4) is 0 Å². The van der Waals surface area contributed by atoms with E-state index in [0.717, 1.165) is 10.6 Å². The van der Waals surface area contributed by atoms with Crippen LogP contribution in [0, 0.1) is 5.92 Å². The molecule has 0 spiro atoms. The van der Waals surface area contributed by atoms with Crippen LogP contribution in [0.4, 0.5) is 0 Å². The molecular formula is C11H13Cl2NS. The molecule has 0 aliphatic carbocycles. The first kappa shape index (κ1) is 12.8. The molecule has 15 heavy (non-hydrogen) atoms. The van der Waals surface area contributed by atoms with Gasteiger partial charge in [0.15, 0.2) is 0 Å². The van der Waals surface area contributed by atoms with Crippen LogP contribution in [0.25, 0.3) is 0 Å². The van der Waals surface area contributed by atoms with Crippen molar-refractivity contribution in [3.63, 3.8) is 0 Å². The fourth-order valence-electron chi connectivity index (χ4n) is 1.04. The molecule has 0 heterocycles. The third-order valence-electron chi connectivity index (χ3n) is 1.98. The second-order valence-electron chi connectivity index (χ2n) is 3.62. The maximum Gasteiger partial charge on any atom is 0.0781 e. The summed E-state index contributed by atoms with van der Waals surface area (Å²) in [5, 5.41) is 4.33. The fourth-order valence-corrected chi connectivity index (χ4v) is 1.44. The molecule has 0 radical (unpaired) electrons. The number of rotatable bonds is 3. The van der Waals surface area contributed by atoms with Crippen LogP contribution in [0.15, 0.2) is 18.2 Å². The van der Waals surface area contributed by atoms with Crippen LogP contribution >= 0.6 is 35.4 Å². The monoisotopic (exact) mass is 261 g/mol. The van der Waals surface area contributed by atoms with E-state index in [0.29, 0.717) is 22.5 Å². The molecule has 0 atom stereocenters. The van der Waals surface area contributed by atoms with Crippen molar-refractivity contribution in [1.29, 1.82) is 0 Å². The summed E-state index contributed by atoms with van der Waals surface area (Å²) in [6.07, 6.45) is 0. The highest BCUT2D eigenvalue weighted by Crippen LogP contribution is 2.22. The molecule has 4 heteroatoms. The third kappa shape index (κ3) is 3.98. The highest BCUT2D eigenvalue weighted by Gasteiger charge is 2.03. The SMILES string of the molecule is CC(C)C(=S)NCc1ccc(Cl)c(Cl)c1. The van der Waals surface area contributed by atoms with Gasteiger partial charge in [0, 0.05) is 12.5 Å². The van der Waals surface area contributed by atoms with Crippen molar-refractivity contribution < 1.29 is 0 Å². The van der Waals surface area contributed by atoms with E-state index >= 15 is 0 Å². The lowest BCUT2D eigenvalue weighted by molar-refractivity contribution is 0.809. The van der Waals surface area contributed by atoms with Crippen molar-refractivity contribution in [2.75, 3.05) is 0 Å². The van der Waals surface area contributed by atoms with Crippen LogP contribution in [0.2, 0.25) is 10.0 Å². The number of hydrogen-bond donors (Lipinski definition) is 1. The van der Waals surface area contributed by atoms with Crippen molar-refractivity contribution in [1.82, 2.24) is 5.32 Å². The Bertz CT molecular complexity index is 364. The lowest BCUT2D eigenvalue weighted by Crippen LogP contribution is -2.25. The van der Waals surface area contributed by atoms with E-state index in [2.05, 4.69) is 19.2 Å². The largest absolute Gasteiger partial charge is 0.375 e. The van der Waals surface area contributed by atoms with Gasteiger partial charge in [0.1, 0.15) is 0 Å². The third-order valence-corrected chi connectivity index (χ3v) is 3.33. The Kier molecular flexibility index (Phi) is 4.84. The molecule has 82 valence electrons. The predicted molar refractivity (Wildman–Crippen MR) is 70.7 cm³/mol. The zero-order valence-electron chi connectivity index (χ0n) is 8.68. The predicted octanol–water partition coefficient (Wildman–Crippen LogP) is 4.07. The molecule has 0 aliphatic rings. The van der Waals surface area contributed by atoms with E-state index in [-0.39, 0.29) is 0 Å². The van der Waals surface area contributed by atoms with Crippen LogP contribution in [-0.2, 0) is 6.54 Å². The first-order valence-corrected chi connectivity index (χ1v) is 5.88. The van der Waals surface area contributed by atoms with E-state index < -0.39 is 0 Å². The number of thiocarbonyl (C=S) groups is 1. The minimum absolute atomic E-state index is 0.364. The summed E-state index contributed by atoms with van der Waals surface area (Å²) in [4.78, 5) is 0.862. The molecule has 0 amide bonds. The van der Waals surface area contributed by atoms with Crippen LogP contribution in [0.3, 0.4) is 0 Å². The summed E-state index contributed by atoms with van der Waals surface area (Å²) in [6.45, 7) is 4.81. The van der Waals surface area contributed by atoms with E-state index in [1.807, 2.05) is 12.1 Å². The Morgan fingerprint density at radius 3 is 2.53 bits per heavy atom. The topological polar surface area (TPSA) is 12.0 Å². The Labute approximate surface area is 106 Å². The van der Waals surface area contributed by atoms with Crippen molar-refractivity contribution in [2.45, 2.75) is 20.4 Å². The molecule has 0 unspecified atom stereocenters. The molecule has 1 aromatic rings. The molecule has 1 N–H and O–H groups in total. The Balaban J connectivity index is 2.58. The molecule has 1 aromatic carbocycles. The molecule has 0 aromatic heterocycles. The van der Waals surface area contributed by atoms with Gasteiger partial charge in [0.25, 0.3) is 0 Å². The normalized spacial score (nSPS) is 10.5. The first-order chi connectivity index (χ1) is 7.00. The fraction of sp³-hybridized carbons (Fsp3) is 0.364. The van der Waals surface area contributed by atoms with Gasteiger partial charge < -0.3 is 5.32 Å². The quantitative estimate of drug-likeness (QED) is 0.824. The zero-order valence-corrected chi connectivity index (χ0v) is 11.0. The van der Waals surface area contributed by atoms with Gasteiger partial charge in [-0.25, -0.2) is 0 Å². The standard InChI is InChI=1S/C11H13Cl2NS/c1-7(2)11(15)14-6-8-3-4-9(12)10(13)5-8/h3-5,7H,6H2,1-2H3,(H,14,15). The van der Waals surface area contributed by atoms with Crippen LogP contribution in [0.5, 0.6) is 0 Å². The Hall–Kier alpha value is -0.310. The lowest BCUT2D eigenvalue weighted by atomic mass is 10.2. The maximum atomic E-state index is 5.90. The van der Waals surface area contributed by atoms with Gasteiger partial charge in [0.2, 0.25) is 0 Å². The lowest BCUT2D eigenvalue weighted by Gasteiger charge is -2.11. The number of halogens is 2. The smallest absolute Gasteiger partial charge is 0.0781 e. The van der Waals surface area contributed by atoms with Gasteiger partial charge in [-0.2, -0.15) is 0 Å². The van der Waals surface area contributed by atoms with Gasteiger partial charge in [-0.3, -0.25) is 0 Å². The first-order valence-electron chi connectivity index (χ1n) is 4.72. The Morgan fingerprint density at radius 1 is 1.33 bits per heavy atom. The highest BCUT2D eigenvalue weighted by molar-refractivity contribution is 7.80. The molecule has 0 bridgehead atoms. The molecule has 0 saturated heterocycles. The summed E-state index contributed by atoms with van der Waals surface area (Å²) in [6, 6.07) is 5.57. The van der Waals surface area contributed by atoms with Crippen LogP contribution < -0.4 is 5.32 Å². The summed E-state index contributed by atoms with van der Waals surface area (Å²) in [7, 11) is 0. The summed E-state index contributed by atoms with van der Waals surface area (Å²) < 4.78 is 0. The number of nitrogens with one attached hydrogen (secondary N) is 1. The molecule has 0 saturated carbocycles. The van der Waals surface area contributed by atoms with Gasteiger partial charge in [-0.1, -0.05) is 55.3 Å². The van der Waals surface area contributed by atoms with Gasteiger partial charge in [0.05, 0.1) is 15.0 Å². The van der Waals surface area contributed by atoms with Crippen LogP contribution in [-0.4, -0.2) is 4.99 Å². The second-order valence-corrected chi connectivity index (χ2v) is 4.88. The highest BCUT2D eigenvalue weighted by atomic mass is 35.5. The summed E-state index contributed by atoms with van der Waals surface area (Å²) in [5.74, 6) is 0.364. The maximum absolute atomic E-state index is 5.90. The summed E-state index contributed by atoms with van der Waals surface area (Å²) >= 11 is 16.9. The molecular weight excluding hydrogens is 249 g/mol. The van der Waals surface area contributed by atoms with Gasteiger partial charge in [-0.15, -0.1) is 0 Å². The molecule has 0 fully saturated rings. The summed E-state index contributed by atoms with van der Waals surface area (Å²) in [5.41, 5.74) is 1.08. The Morgan fingerprint density at radius 2 is 2.00 bits per heavy atom. The van der Waals surface area contributed by atoms with Crippen molar-refractivity contribution in [2.24, 2.45) is 5.92 Å². The number of hydrogen-bond acceptors (Lipinski definition) is 1. The van der Waals surface area contributed by atoms with E-state index in [1.54, 1.807) is 6.07 Å². The average molecular weight is 262 g/mol. The van der Waals surface area contributed by atoms with Gasteiger partial charge >= 0.3 is 0 Å². The van der Waals surface area contributed by atoms with Crippen LogP contribution in [0.1, 0.15) is 19.4 Å². The minimum atomic E-state index is 0.364. The van der Waals surface area contributed by atoms with Crippen molar-refractivity contribution in [3.05, 3.63) is 33.8 Å². The number of benzene rings is 1. The molecule has 1 rings (SSSR count). The van der Waals surface area contributed by atoms with E-state index in [1.165, 1.54) is 0 Å². The van der Waals surface area contributed by atoms with Gasteiger partial charge in [-0.05, 0) is 17.7 Å². The minimum Gasteiger partial charge on any atom is -0.375 e. The van der Waals surface area contributed by atoms with Crippen molar-refractivity contribution >= 4 is 40.4 Å².